The van der Waals surface area contributed by atoms with E-state index in [1.807, 2.05) is 48.5 Å². The van der Waals surface area contributed by atoms with E-state index in [4.69, 9.17) is 4.74 Å². The highest BCUT2D eigenvalue weighted by atomic mass is 79.9. The van der Waals surface area contributed by atoms with Crippen LogP contribution in [0.1, 0.15) is 23.1 Å². The van der Waals surface area contributed by atoms with E-state index in [2.05, 4.69) is 22.5 Å². The average Bonchev–Trinajstić information content (AvgIpc) is 2.49. The van der Waals surface area contributed by atoms with Crippen molar-refractivity contribution in [1.29, 1.82) is 0 Å². The molecule has 104 valence electrons. The van der Waals surface area contributed by atoms with Gasteiger partial charge < -0.3 is 9.84 Å². The lowest BCUT2D eigenvalue weighted by Crippen LogP contribution is -2.08. The Morgan fingerprint density at radius 2 is 1.60 bits per heavy atom. The molecule has 0 heterocycles. The first-order valence-corrected chi connectivity index (χ1v) is 7.15. The van der Waals surface area contributed by atoms with Crippen LogP contribution in [0, 0.1) is 0 Å². The zero-order chi connectivity index (χ0) is 14.5. The zero-order valence-electron chi connectivity index (χ0n) is 11.3. The van der Waals surface area contributed by atoms with Crippen LogP contribution in [0.5, 0.6) is 5.75 Å². The van der Waals surface area contributed by atoms with Gasteiger partial charge in [-0.2, -0.15) is 0 Å². The Labute approximate surface area is 127 Å². The van der Waals surface area contributed by atoms with E-state index in [9.17, 15) is 5.11 Å². The fourth-order valence-corrected chi connectivity index (χ4v) is 2.41. The Balaban J connectivity index is 2.26. The van der Waals surface area contributed by atoms with Gasteiger partial charge in [-0.3, -0.25) is 0 Å². The molecule has 0 aliphatic carbocycles. The van der Waals surface area contributed by atoms with Gasteiger partial charge in [0.25, 0.3) is 0 Å². The van der Waals surface area contributed by atoms with Crippen LogP contribution in [-0.2, 0) is 0 Å². The van der Waals surface area contributed by atoms with Crippen LogP contribution in [-0.4, -0.2) is 12.2 Å². The van der Waals surface area contributed by atoms with Gasteiger partial charge in [0, 0.05) is 10.4 Å². The Kier molecular flexibility index (Phi) is 4.99. The molecule has 2 aromatic rings. The number of hydrogen-bond acceptors (Lipinski definition) is 2. The molecular formula is C17H17BrO2. The maximum Gasteiger partial charge on any atom is 0.118 e. The summed E-state index contributed by atoms with van der Waals surface area (Å²) in [4.78, 5) is 0. The van der Waals surface area contributed by atoms with Crippen LogP contribution >= 0.6 is 15.9 Å². The zero-order valence-corrected chi connectivity index (χ0v) is 12.9. The number of rotatable bonds is 5. The van der Waals surface area contributed by atoms with Crippen LogP contribution in [0.15, 0.2) is 65.7 Å². The minimum atomic E-state index is -0.617. The van der Waals surface area contributed by atoms with E-state index >= 15 is 0 Å². The lowest BCUT2D eigenvalue weighted by Gasteiger charge is -2.21. The summed E-state index contributed by atoms with van der Waals surface area (Å²) in [5.41, 5.74) is 1.88. The molecule has 0 amide bonds. The fraction of sp³-hybridized carbons (Fsp3) is 0.176. The molecule has 2 unspecified atom stereocenters. The van der Waals surface area contributed by atoms with Crippen molar-refractivity contribution in [3.63, 3.8) is 0 Å². The lowest BCUT2D eigenvalue weighted by atomic mass is 9.89. The summed E-state index contributed by atoms with van der Waals surface area (Å²) in [7, 11) is 1.64. The molecule has 0 saturated heterocycles. The third-order valence-electron chi connectivity index (χ3n) is 3.31. The van der Waals surface area contributed by atoms with Crippen molar-refractivity contribution in [2.24, 2.45) is 0 Å². The van der Waals surface area contributed by atoms with Gasteiger partial charge in [-0.1, -0.05) is 46.3 Å². The van der Waals surface area contributed by atoms with E-state index in [1.165, 1.54) is 0 Å². The molecule has 0 fully saturated rings. The highest BCUT2D eigenvalue weighted by Gasteiger charge is 2.19. The molecule has 0 aromatic heterocycles. The predicted octanol–water partition coefficient (Wildman–Crippen LogP) is 4.46. The second kappa shape index (κ2) is 6.73. The Hall–Kier alpha value is -1.58. The van der Waals surface area contributed by atoms with Crippen LogP contribution in [0.2, 0.25) is 0 Å². The Morgan fingerprint density at radius 1 is 1.05 bits per heavy atom. The smallest absolute Gasteiger partial charge is 0.118 e. The highest BCUT2D eigenvalue weighted by Crippen LogP contribution is 2.33. The molecule has 0 bridgehead atoms. The van der Waals surface area contributed by atoms with Crippen LogP contribution in [0.25, 0.3) is 0 Å². The third-order valence-corrected chi connectivity index (χ3v) is 3.83. The van der Waals surface area contributed by atoms with Gasteiger partial charge in [-0.15, -0.1) is 6.58 Å². The first-order chi connectivity index (χ1) is 9.65. The molecule has 0 saturated carbocycles. The predicted molar refractivity (Wildman–Crippen MR) is 85.0 cm³/mol. The molecule has 0 radical (unpaired) electrons. The van der Waals surface area contributed by atoms with Gasteiger partial charge >= 0.3 is 0 Å². The van der Waals surface area contributed by atoms with E-state index in [1.54, 1.807) is 13.2 Å². The topological polar surface area (TPSA) is 29.5 Å². The SMILES string of the molecule is C=CC(c1ccc(OC)cc1)C(O)c1ccc(Br)cc1. The fourth-order valence-electron chi connectivity index (χ4n) is 2.14. The molecule has 20 heavy (non-hydrogen) atoms. The average molecular weight is 333 g/mol. The summed E-state index contributed by atoms with van der Waals surface area (Å²) in [5.74, 6) is 0.650. The van der Waals surface area contributed by atoms with Crippen molar-refractivity contribution in [2.45, 2.75) is 12.0 Å². The summed E-state index contributed by atoms with van der Waals surface area (Å²) >= 11 is 3.39. The van der Waals surface area contributed by atoms with Crippen molar-refractivity contribution >= 4 is 15.9 Å². The number of ether oxygens (including phenoxy) is 1. The van der Waals surface area contributed by atoms with E-state index in [0.29, 0.717) is 0 Å². The molecule has 3 heteroatoms. The molecule has 2 rings (SSSR count). The summed E-state index contributed by atoms with van der Waals surface area (Å²) in [5, 5.41) is 10.5. The Bertz CT molecular complexity index is 561. The molecular weight excluding hydrogens is 316 g/mol. The number of benzene rings is 2. The molecule has 0 aliphatic heterocycles. The van der Waals surface area contributed by atoms with Gasteiger partial charge in [0.05, 0.1) is 13.2 Å². The first-order valence-electron chi connectivity index (χ1n) is 6.35. The number of hydrogen-bond donors (Lipinski definition) is 1. The van der Waals surface area contributed by atoms with Gasteiger partial charge in [0.2, 0.25) is 0 Å². The second-order valence-electron chi connectivity index (χ2n) is 4.53. The van der Waals surface area contributed by atoms with Crippen LogP contribution in [0.3, 0.4) is 0 Å². The second-order valence-corrected chi connectivity index (χ2v) is 5.45. The summed E-state index contributed by atoms with van der Waals surface area (Å²) < 4.78 is 6.14. The van der Waals surface area contributed by atoms with Gasteiger partial charge in [0.15, 0.2) is 0 Å². The molecule has 1 N–H and O–H groups in total. The summed E-state index contributed by atoms with van der Waals surface area (Å²) in [6.07, 6.45) is 1.16. The first kappa shape index (κ1) is 14.8. The molecule has 2 nitrogen and oxygen atoms in total. The number of aliphatic hydroxyl groups is 1. The molecule has 2 aromatic carbocycles. The maximum absolute atomic E-state index is 10.5. The monoisotopic (exact) mass is 332 g/mol. The Morgan fingerprint density at radius 3 is 2.10 bits per heavy atom. The largest absolute Gasteiger partial charge is 0.497 e. The quantitative estimate of drug-likeness (QED) is 0.819. The van der Waals surface area contributed by atoms with Crippen molar-refractivity contribution in [3.05, 3.63) is 76.8 Å². The summed E-state index contributed by atoms with van der Waals surface area (Å²) in [6.45, 7) is 3.84. The highest BCUT2D eigenvalue weighted by molar-refractivity contribution is 9.10. The number of halogens is 1. The van der Waals surface area contributed by atoms with E-state index in [0.717, 1.165) is 21.3 Å². The van der Waals surface area contributed by atoms with Crippen LogP contribution in [0.4, 0.5) is 0 Å². The van der Waals surface area contributed by atoms with Crippen molar-refractivity contribution < 1.29 is 9.84 Å². The molecule has 0 aliphatic rings. The number of aliphatic hydroxyl groups excluding tert-OH is 1. The summed E-state index contributed by atoms with van der Waals surface area (Å²) in [6, 6.07) is 15.4. The van der Waals surface area contributed by atoms with Crippen LogP contribution < -0.4 is 4.74 Å². The number of methoxy groups -OCH3 is 1. The van der Waals surface area contributed by atoms with E-state index in [-0.39, 0.29) is 5.92 Å². The molecule has 2 atom stereocenters. The third kappa shape index (κ3) is 3.30. The minimum absolute atomic E-state index is 0.151. The van der Waals surface area contributed by atoms with E-state index < -0.39 is 6.10 Å². The van der Waals surface area contributed by atoms with Crippen molar-refractivity contribution in [3.8, 4) is 5.75 Å². The molecule has 0 spiro atoms. The van der Waals surface area contributed by atoms with Crippen molar-refractivity contribution in [2.75, 3.05) is 7.11 Å². The maximum atomic E-state index is 10.5. The normalized spacial score (nSPS) is 13.6. The van der Waals surface area contributed by atoms with Gasteiger partial charge in [0.1, 0.15) is 5.75 Å². The minimum Gasteiger partial charge on any atom is -0.497 e. The van der Waals surface area contributed by atoms with Gasteiger partial charge in [-0.05, 0) is 35.4 Å². The lowest BCUT2D eigenvalue weighted by molar-refractivity contribution is 0.162. The standard InChI is InChI=1S/C17H17BrO2/c1-3-16(12-6-10-15(20-2)11-7-12)17(19)13-4-8-14(18)9-5-13/h3-11,16-17,19H,1H2,2H3. The van der Waals surface area contributed by atoms with Crippen molar-refractivity contribution in [1.82, 2.24) is 0 Å². The van der Waals surface area contributed by atoms with Gasteiger partial charge in [-0.25, -0.2) is 0 Å².